The van der Waals surface area contributed by atoms with Crippen molar-refractivity contribution in [2.24, 2.45) is 0 Å². The predicted molar refractivity (Wildman–Crippen MR) is 69.9 cm³/mol. The van der Waals surface area contributed by atoms with E-state index in [1.54, 1.807) is 0 Å². The van der Waals surface area contributed by atoms with Crippen LogP contribution in [0, 0.1) is 13.8 Å². The van der Waals surface area contributed by atoms with Crippen molar-refractivity contribution in [3.8, 4) is 0 Å². The van der Waals surface area contributed by atoms with Crippen molar-refractivity contribution >= 4 is 0 Å². The first-order chi connectivity index (χ1) is 8.16. The largest absolute Gasteiger partial charge is 0.465 e. The van der Waals surface area contributed by atoms with Crippen LogP contribution in [0.25, 0.3) is 0 Å². The molecule has 0 aliphatic rings. The minimum Gasteiger partial charge on any atom is -0.465 e. The van der Waals surface area contributed by atoms with Crippen molar-refractivity contribution in [1.29, 1.82) is 0 Å². The SMILES string of the molecule is Cc1ccc(CNC(C)c2ccccc2C)o1. The Labute approximate surface area is 103 Å². The van der Waals surface area contributed by atoms with Crippen LogP contribution in [0.15, 0.2) is 40.8 Å². The van der Waals surface area contributed by atoms with Crippen molar-refractivity contribution in [3.63, 3.8) is 0 Å². The molecule has 0 fully saturated rings. The van der Waals surface area contributed by atoms with Crippen LogP contribution in [-0.2, 0) is 6.54 Å². The fourth-order valence-corrected chi connectivity index (χ4v) is 2.02. The fourth-order valence-electron chi connectivity index (χ4n) is 2.02. The highest BCUT2D eigenvalue weighted by Crippen LogP contribution is 2.17. The lowest BCUT2D eigenvalue weighted by Crippen LogP contribution is -2.18. The van der Waals surface area contributed by atoms with Crippen LogP contribution in [0.2, 0.25) is 0 Å². The molecule has 1 atom stereocenters. The van der Waals surface area contributed by atoms with E-state index in [2.05, 4.69) is 43.4 Å². The molecular formula is C15H19NO. The summed E-state index contributed by atoms with van der Waals surface area (Å²) in [5.41, 5.74) is 2.67. The monoisotopic (exact) mass is 229 g/mol. The molecule has 0 radical (unpaired) electrons. The first-order valence-electron chi connectivity index (χ1n) is 6.01. The number of benzene rings is 1. The molecule has 2 aromatic rings. The number of nitrogens with one attached hydrogen (secondary N) is 1. The molecule has 2 heteroatoms. The molecule has 1 N–H and O–H groups in total. The molecule has 2 nitrogen and oxygen atoms in total. The van der Waals surface area contributed by atoms with Gasteiger partial charge in [0, 0.05) is 6.04 Å². The van der Waals surface area contributed by atoms with E-state index in [1.165, 1.54) is 11.1 Å². The normalized spacial score (nSPS) is 12.6. The summed E-state index contributed by atoms with van der Waals surface area (Å²) in [4.78, 5) is 0. The third kappa shape index (κ3) is 2.98. The van der Waals surface area contributed by atoms with E-state index in [4.69, 9.17) is 4.42 Å². The van der Waals surface area contributed by atoms with Gasteiger partial charge < -0.3 is 9.73 Å². The van der Waals surface area contributed by atoms with Crippen LogP contribution < -0.4 is 5.32 Å². The molecule has 90 valence electrons. The molecule has 0 amide bonds. The summed E-state index contributed by atoms with van der Waals surface area (Å²) in [5.74, 6) is 1.95. The third-order valence-corrected chi connectivity index (χ3v) is 3.03. The van der Waals surface area contributed by atoms with Gasteiger partial charge in [0.15, 0.2) is 0 Å². The standard InChI is InChI=1S/C15H19NO/c1-11-6-4-5-7-15(11)13(3)16-10-14-9-8-12(2)17-14/h4-9,13,16H,10H2,1-3H3. The molecule has 0 saturated carbocycles. The zero-order valence-corrected chi connectivity index (χ0v) is 10.7. The van der Waals surface area contributed by atoms with Gasteiger partial charge in [0.2, 0.25) is 0 Å². The average Bonchev–Trinajstić information content (AvgIpc) is 2.73. The van der Waals surface area contributed by atoms with Gasteiger partial charge in [0.25, 0.3) is 0 Å². The molecule has 1 aromatic heterocycles. The van der Waals surface area contributed by atoms with Gasteiger partial charge in [0.1, 0.15) is 11.5 Å². The van der Waals surface area contributed by atoms with Gasteiger partial charge >= 0.3 is 0 Å². The van der Waals surface area contributed by atoms with E-state index in [1.807, 2.05) is 19.1 Å². The van der Waals surface area contributed by atoms with Gasteiger partial charge in [0.05, 0.1) is 6.54 Å². The minimum absolute atomic E-state index is 0.335. The first kappa shape index (κ1) is 11.9. The molecule has 0 spiro atoms. The summed E-state index contributed by atoms with van der Waals surface area (Å²) < 4.78 is 5.54. The second-order valence-electron chi connectivity index (χ2n) is 4.47. The lowest BCUT2D eigenvalue weighted by molar-refractivity contribution is 0.444. The maximum absolute atomic E-state index is 5.54. The van der Waals surface area contributed by atoms with Gasteiger partial charge in [-0.1, -0.05) is 24.3 Å². The summed E-state index contributed by atoms with van der Waals surface area (Å²) in [6.07, 6.45) is 0. The Morgan fingerprint density at radius 1 is 1.12 bits per heavy atom. The van der Waals surface area contributed by atoms with Crippen molar-refractivity contribution in [2.45, 2.75) is 33.4 Å². The summed E-state index contributed by atoms with van der Waals surface area (Å²) in [6.45, 7) is 7.06. The predicted octanol–water partition coefficient (Wildman–Crippen LogP) is 3.75. The maximum Gasteiger partial charge on any atom is 0.117 e. The Morgan fingerprint density at radius 2 is 1.88 bits per heavy atom. The van der Waals surface area contributed by atoms with Gasteiger partial charge in [-0.15, -0.1) is 0 Å². The minimum atomic E-state index is 0.335. The molecular weight excluding hydrogens is 210 g/mol. The fraction of sp³-hybridized carbons (Fsp3) is 0.333. The summed E-state index contributed by atoms with van der Waals surface area (Å²) in [7, 11) is 0. The van der Waals surface area contributed by atoms with Crippen molar-refractivity contribution < 1.29 is 4.42 Å². The smallest absolute Gasteiger partial charge is 0.117 e. The number of rotatable bonds is 4. The van der Waals surface area contributed by atoms with Gasteiger partial charge in [-0.2, -0.15) is 0 Å². The highest BCUT2D eigenvalue weighted by molar-refractivity contribution is 5.28. The molecule has 2 rings (SSSR count). The van der Waals surface area contributed by atoms with E-state index in [0.29, 0.717) is 6.04 Å². The highest BCUT2D eigenvalue weighted by atomic mass is 16.3. The van der Waals surface area contributed by atoms with Gasteiger partial charge in [-0.25, -0.2) is 0 Å². The second-order valence-corrected chi connectivity index (χ2v) is 4.47. The molecule has 0 aliphatic carbocycles. The van der Waals surface area contributed by atoms with E-state index in [9.17, 15) is 0 Å². The Bertz CT molecular complexity index is 487. The summed E-state index contributed by atoms with van der Waals surface area (Å²) in [5, 5.41) is 3.48. The van der Waals surface area contributed by atoms with Crippen LogP contribution in [0.4, 0.5) is 0 Å². The Hall–Kier alpha value is -1.54. The molecule has 0 bridgehead atoms. The van der Waals surface area contributed by atoms with Crippen LogP contribution in [-0.4, -0.2) is 0 Å². The summed E-state index contributed by atoms with van der Waals surface area (Å²) >= 11 is 0. The molecule has 0 saturated heterocycles. The van der Waals surface area contributed by atoms with Crippen molar-refractivity contribution in [1.82, 2.24) is 5.32 Å². The number of hydrogen-bond acceptors (Lipinski definition) is 2. The van der Waals surface area contributed by atoms with Crippen LogP contribution in [0.3, 0.4) is 0 Å². The molecule has 1 unspecified atom stereocenters. The van der Waals surface area contributed by atoms with E-state index >= 15 is 0 Å². The second kappa shape index (κ2) is 5.19. The Kier molecular flexibility index (Phi) is 3.64. The van der Waals surface area contributed by atoms with Gasteiger partial charge in [-0.05, 0) is 44.0 Å². The number of furan rings is 1. The van der Waals surface area contributed by atoms with Gasteiger partial charge in [-0.3, -0.25) is 0 Å². The van der Waals surface area contributed by atoms with E-state index in [0.717, 1.165) is 18.1 Å². The van der Waals surface area contributed by atoms with Crippen LogP contribution in [0.1, 0.15) is 35.6 Å². The first-order valence-corrected chi connectivity index (χ1v) is 6.01. The highest BCUT2D eigenvalue weighted by Gasteiger charge is 2.08. The lowest BCUT2D eigenvalue weighted by Gasteiger charge is -2.15. The van der Waals surface area contributed by atoms with E-state index < -0.39 is 0 Å². The van der Waals surface area contributed by atoms with Crippen molar-refractivity contribution in [2.75, 3.05) is 0 Å². The average molecular weight is 229 g/mol. The Morgan fingerprint density at radius 3 is 2.53 bits per heavy atom. The Balaban J connectivity index is 1.98. The zero-order chi connectivity index (χ0) is 12.3. The molecule has 1 aromatic carbocycles. The molecule has 1 heterocycles. The third-order valence-electron chi connectivity index (χ3n) is 3.03. The van der Waals surface area contributed by atoms with Crippen molar-refractivity contribution in [3.05, 3.63) is 59.0 Å². The van der Waals surface area contributed by atoms with Crippen LogP contribution in [0.5, 0.6) is 0 Å². The molecule has 17 heavy (non-hydrogen) atoms. The number of hydrogen-bond donors (Lipinski definition) is 1. The lowest BCUT2D eigenvalue weighted by atomic mass is 10.0. The zero-order valence-electron chi connectivity index (χ0n) is 10.7. The molecule has 0 aliphatic heterocycles. The summed E-state index contributed by atoms with van der Waals surface area (Å²) in [6, 6.07) is 12.8. The van der Waals surface area contributed by atoms with E-state index in [-0.39, 0.29) is 0 Å². The quantitative estimate of drug-likeness (QED) is 0.863. The maximum atomic E-state index is 5.54. The number of aryl methyl sites for hydroxylation is 2. The van der Waals surface area contributed by atoms with Crippen LogP contribution >= 0.6 is 0 Å². The topological polar surface area (TPSA) is 25.2 Å².